The number of nitrogens with zero attached hydrogens (tertiary/aromatic N) is 2. The first kappa shape index (κ1) is 14.2. The molecular formula is C14H21N3OS. The van der Waals surface area contributed by atoms with Gasteiger partial charge in [0.2, 0.25) is 0 Å². The number of nitrogens with one attached hydrogen (secondary N) is 1. The van der Waals surface area contributed by atoms with Gasteiger partial charge in [0.15, 0.2) is 0 Å². The van der Waals surface area contributed by atoms with Crippen LogP contribution >= 0.6 is 11.8 Å². The van der Waals surface area contributed by atoms with Crippen LogP contribution in [0.3, 0.4) is 0 Å². The van der Waals surface area contributed by atoms with E-state index in [2.05, 4.69) is 24.1 Å². The van der Waals surface area contributed by atoms with Crippen LogP contribution in [0.5, 0.6) is 0 Å². The Morgan fingerprint density at radius 3 is 2.89 bits per heavy atom. The van der Waals surface area contributed by atoms with E-state index in [-0.39, 0.29) is 10.7 Å². The van der Waals surface area contributed by atoms with Gasteiger partial charge in [0, 0.05) is 30.1 Å². The van der Waals surface area contributed by atoms with Crippen LogP contribution in [0.2, 0.25) is 0 Å². The normalized spacial score (nSPS) is 18.2. The van der Waals surface area contributed by atoms with E-state index in [9.17, 15) is 4.79 Å². The first-order chi connectivity index (χ1) is 9.02. The second-order valence-corrected chi connectivity index (χ2v) is 7.10. The third-order valence-corrected chi connectivity index (χ3v) is 4.37. The molecule has 1 aromatic rings. The van der Waals surface area contributed by atoms with Gasteiger partial charge in [-0.1, -0.05) is 0 Å². The largest absolute Gasteiger partial charge is 0.384 e. The minimum atomic E-state index is 0.0384. The zero-order valence-corrected chi connectivity index (χ0v) is 12.6. The van der Waals surface area contributed by atoms with E-state index in [1.807, 2.05) is 29.7 Å². The molecular weight excluding hydrogens is 258 g/mol. The maximum absolute atomic E-state index is 12.4. The fourth-order valence-corrected chi connectivity index (χ4v) is 3.29. The van der Waals surface area contributed by atoms with E-state index in [0.29, 0.717) is 5.69 Å². The smallest absolute Gasteiger partial charge is 0.272 e. The Morgan fingerprint density at radius 1 is 1.53 bits per heavy atom. The summed E-state index contributed by atoms with van der Waals surface area (Å²) in [5.41, 5.74) is 1.48. The van der Waals surface area contributed by atoms with Crippen LogP contribution in [0.1, 0.15) is 31.3 Å². The van der Waals surface area contributed by atoms with Gasteiger partial charge in [-0.05, 0) is 32.9 Å². The number of aromatic nitrogens is 1. The lowest BCUT2D eigenvalue weighted by molar-refractivity contribution is 0.0742. The Bertz CT molecular complexity index is 445. The summed E-state index contributed by atoms with van der Waals surface area (Å²) >= 11 is 1.92. The molecule has 0 aromatic carbocycles. The van der Waals surface area contributed by atoms with Crippen molar-refractivity contribution in [2.75, 3.05) is 30.7 Å². The van der Waals surface area contributed by atoms with Gasteiger partial charge in [-0.25, -0.2) is 4.98 Å². The molecule has 1 aliphatic heterocycles. The molecule has 0 spiro atoms. The van der Waals surface area contributed by atoms with Crippen molar-refractivity contribution in [1.82, 2.24) is 9.88 Å². The van der Waals surface area contributed by atoms with Crippen LogP contribution < -0.4 is 5.32 Å². The van der Waals surface area contributed by atoms with Gasteiger partial charge >= 0.3 is 0 Å². The van der Waals surface area contributed by atoms with E-state index < -0.39 is 0 Å². The van der Waals surface area contributed by atoms with Crippen LogP contribution in [-0.2, 0) is 0 Å². The second kappa shape index (κ2) is 5.82. The molecule has 4 nitrogen and oxygen atoms in total. The highest BCUT2D eigenvalue weighted by Gasteiger charge is 2.30. The molecule has 1 amide bonds. The third-order valence-electron chi connectivity index (χ3n) is 3.08. The first-order valence-electron chi connectivity index (χ1n) is 6.65. The summed E-state index contributed by atoms with van der Waals surface area (Å²) in [6.45, 7) is 8.84. The zero-order valence-electron chi connectivity index (χ0n) is 11.8. The summed E-state index contributed by atoms with van der Waals surface area (Å²) in [4.78, 5) is 18.6. The van der Waals surface area contributed by atoms with E-state index in [4.69, 9.17) is 0 Å². The number of hydrogen-bond acceptors (Lipinski definition) is 4. The van der Waals surface area contributed by atoms with Gasteiger partial charge in [-0.15, -0.1) is 0 Å². The lowest BCUT2D eigenvalue weighted by Gasteiger charge is -2.37. The number of rotatable bonds is 3. The maximum atomic E-state index is 12.4. The Morgan fingerprint density at radius 2 is 2.32 bits per heavy atom. The molecule has 1 aromatic heterocycles. The Labute approximate surface area is 119 Å². The number of pyridine rings is 1. The molecule has 2 rings (SSSR count). The van der Waals surface area contributed by atoms with Crippen molar-refractivity contribution in [3.8, 4) is 0 Å². The quantitative estimate of drug-likeness (QED) is 0.923. The van der Waals surface area contributed by atoms with Crippen molar-refractivity contribution in [2.24, 2.45) is 0 Å². The average Bonchev–Trinajstić information content (AvgIpc) is 2.38. The Balaban J connectivity index is 2.06. The fraction of sp³-hybridized carbons (Fsp3) is 0.571. The van der Waals surface area contributed by atoms with Gasteiger partial charge in [0.05, 0.1) is 11.9 Å². The predicted molar refractivity (Wildman–Crippen MR) is 80.8 cm³/mol. The SMILES string of the molecule is CCNc1ccc(C(=O)N2CCSC(C)(C)C2)nc1. The predicted octanol–water partition coefficient (Wildman–Crippen LogP) is 2.48. The number of amides is 1. The Hall–Kier alpha value is -1.23. The molecule has 1 aliphatic rings. The van der Waals surface area contributed by atoms with Gasteiger partial charge in [-0.2, -0.15) is 11.8 Å². The highest BCUT2D eigenvalue weighted by molar-refractivity contribution is 8.00. The third kappa shape index (κ3) is 3.62. The molecule has 2 heterocycles. The highest BCUT2D eigenvalue weighted by atomic mass is 32.2. The molecule has 0 saturated carbocycles. The number of anilines is 1. The van der Waals surface area contributed by atoms with Gasteiger partial charge < -0.3 is 10.2 Å². The van der Waals surface area contributed by atoms with E-state index in [1.54, 1.807) is 12.3 Å². The number of carbonyl (C=O) groups is 1. The van der Waals surface area contributed by atoms with Gasteiger partial charge in [-0.3, -0.25) is 4.79 Å². The monoisotopic (exact) mass is 279 g/mol. The van der Waals surface area contributed by atoms with Crippen LogP contribution in [-0.4, -0.2) is 45.9 Å². The minimum Gasteiger partial charge on any atom is -0.384 e. The molecule has 0 atom stereocenters. The van der Waals surface area contributed by atoms with Crippen molar-refractivity contribution >= 4 is 23.4 Å². The maximum Gasteiger partial charge on any atom is 0.272 e. The molecule has 104 valence electrons. The summed E-state index contributed by atoms with van der Waals surface area (Å²) in [5.74, 6) is 1.03. The van der Waals surface area contributed by atoms with Gasteiger partial charge in [0.1, 0.15) is 5.69 Å². The van der Waals surface area contributed by atoms with Crippen LogP contribution in [0.15, 0.2) is 18.3 Å². The second-order valence-electron chi connectivity index (χ2n) is 5.30. The number of hydrogen-bond donors (Lipinski definition) is 1. The number of thioether (sulfide) groups is 1. The van der Waals surface area contributed by atoms with Crippen molar-refractivity contribution in [1.29, 1.82) is 0 Å². The van der Waals surface area contributed by atoms with Crippen LogP contribution in [0.4, 0.5) is 5.69 Å². The van der Waals surface area contributed by atoms with E-state index >= 15 is 0 Å². The van der Waals surface area contributed by atoms with Crippen molar-refractivity contribution < 1.29 is 4.79 Å². The molecule has 1 fully saturated rings. The lowest BCUT2D eigenvalue weighted by Crippen LogP contribution is -2.46. The Kier molecular flexibility index (Phi) is 4.34. The van der Waals surface area contributed by atoms with Gasteiger partial charge in [0.25, 0.3) is 5.91 Å². The molecule has 0 radical (unpaired) electrons. The molecule has 19 heavy (non-hydrogen) atoms. The first-order valence-corrected chi connectivity index (χ1v) is 7.63. The van der Waals surface area contributed by atoms with Crippen LogP contribution in [0, 0.1) is 0 Å². The highest BCUT2D eigenvalue weighted by Crippen LogP contribution is 2.30. The van der Waals surface area contributed by atoms with E-state index in [1.165, 1.54) is 0 Å². The van der Waals surface area contributed by atoms with Crippen molar-refractivity contribution in [2.45, 2.75) is 25.5 Å². The molecule has 0 aliphatic carbocycles. The lowest BCUT2D eigenvalue weighted by atomic mass is 10.1. The summed E-state index contributed by atoms with van der Waals surface area (Å²) < 4.78 is 0.137. The summed E-state index contributed by atoms with van der Waals surface area (Å²) in [5, 5.41) is 3.18. The topological polar surface area (TPSA) is 45.2 Å². The molecule has 0 unspecified atom stereocenters. The average molecular weight is 279 g/mol. The fourth-order valence-electron chi connectivity index (χ4n) is 2.18. The number of carbonyl (C=O) groups excluding carboxylic acids is 1. The van der Waals surface area contributed by atoms with Crippen molar-refractivity contribution in [3.05, 3.63) is 24.0 Å². The molecule has 5 heteroatoms. The summed E-state index contributed by atoms with van der Waals surface area (Å²) in [7, 11) is 0. The molecule has 1 saturated heterocycles. The zero-order chi connectivity index (χ0) is 13.9. The summed E-state index contributed by atoms with van der Waals surface area (Å²) in [6, 6.07) is 3.71. The standard InChI is InChI=1S/C14H21N3OS/c1-4-15-11-5-6-12(16-9-11)13(18)17-7-8-19-14(2,3)10-17/h5-6,9,15H,4,7-8,10H2,1-3H3. The molecule has 0 bridgehead atoms. The van der Waals surface area contributed by atoms with Crippen LogP contribution in [0.25, 0.3) is 0 Å². The summed E-state index contributed by atoms with van der Waals surface area (Å²) in [6.07, 6.45) is 1.72. The van der Waals surface area contributed by atoms with E-state index in [0.717, 1.165) is 31.1 Å². The van der Waals surface area contributed by atoms with Crippen molar-refractivity contribution in [3.63, 3.8) is 0 Å². The minimum absolute atomic E-state index is 0.0384. The molecule has 1 N–H and O–H groups in total.